The zero-order chi connectivity index (χ0) is 7.84. The van der Waals surface area contributed by atoms with E-state index in [9.17, 15) is 0 Å². The van der Waals surface area contributed by atoms with Gasteiger partial charge in [-0.3, -0.25) is 0 Å². The van der Waals surface area contributed by atoms with Gasteiger partial charge in [-0.25, -0.2) is 0 Å². The molecular formula is C10H9Cl2Hf. The maximum Gasteiger partial charge on any atom is -1.00 e. The summed E-state index contributed by atoms with van der Waals surface area (Å²) < 4.78 is 1.62. The molecule has 1 aliphatic carbocycles. The largest absolute Gasteiger partial charge is 1.00 e. The van der Waals surface area contributed by atoms with E-state index in [2.05, 4.69) is 37.3 Å². The molecule has 67 valence electrons. The van der Waals surface area contributed by atoms with Crippen LogP contribution in [0.15, 0.2) is 27.6 Å². The van der Waals surface area contributed by atoms with Crippen molar-refractivity contribution in [3.05, 3.63) is 38.7 Å². The Kier molecular flexibility index (Phi) is 5.50. The molecule has 0 N–H and O–H groups in total. The molecule has 1 aliphatic rings. The van der Waals surface area contributed by atoms with Gasteiger partial charge in [0.2, 0.25) is 0 Å². The number of rotatable bonds is 0. The third kappa shape index (κ3) is 2.45. The summed E-state index contributed by atoms with van der Waals surface area (Å²) in [5.41, 5.74) is 2.95. The Morgan fingerprint density at radius 1 is 1.15 bits per heavy atom. The first kappa shape index (κ1) is 13.4. The third-order valence-corrected chi connectivity index (χ3v) is 4.31. The van der Waals surface area contributed by atoms with Crippen molar-refractivity contribution in [3.63, 3.8) is 0 Å². The average molecular weight is 379 g/mol. The zero-order valence-electron chi connectivity index (χ0n) is 7.22. The fourth-order valence-electron chi connectivity index (χ4n) is 1.50. The minimum atomic E-state index is 0. The minimum absolute atomic E-state index is 0. The van der Waals surface area contributed by atoms with Gasteiger partial charge >= 0.3 is 82.0 Å². The van der Waals surface area contributed by atoms with Crippen LogP contribution in [0.25, 0.3) is 6.08 Å². The molecule has 1 atom stereocenters. The first-order chi connectivity index (χ1) is 5.29. The van der Waals surface area contributed by atoms with Crippen molar-refractivity contribution in [3.8, 4) is 0 Å². The van der Waals surface area contributed by atoms with E-state index < -0.39 is 0 Å². The van der Waals surface area contributed by atoms with Crippen molar-refractivity contribution >= 4 is 6.08 Å². The van der Waals surface area contributed by atoms with Crippen molar-refractivity contribution in [1.29, 1.82) is 0 Å². The zero-order valence-corrected chi connectivity index (χ0v) is 12.3. The van der Waals surface area contributed by atoms with E-state index in [1.807, 2.05) is 0 Å². The smallest absolute Gasteiger partial charge is 1.00 e. The Balaban J connectivity index is 0.000000720. The minimum Gasteiger partial charge on any atom is -1.00 e. The second-order valence-corrected chi connectivity index (χ2v) is 5.02. The van der Waals surface area contributed by atoms with Gasteiger partial charge in [0, 0.05) is 0 Å². The SMILES string of the molecule is CC1[C]([Hf+2])=Cc2ccccc21.[Cl-].[Cl-]. The molecule has 0 heterocycles. The van der Waals surface area contributed by atoms with E-state index in [0.29, 0.717) is 5.92 Å². The summed E-state index contributed by atoms with van der Waals surface area (Å²) in [5.74, 6) is 0.692. The van der Waals surface area contributed by atoms with E-state index >= 15 is 0 Å². The monoisotopic (exact) mass is 379 g/mol. The fraction of sp³-hybridized carbons (Fsp3) is 0.200. The van der Waals surface area contributed by atoms with E-state index in [1.165, 1.54) is 35.5 Å². The Morgan fingerprint density at radius 3 is 2.38 bits per heavy atom. The Labute approximate surface area is 106 Å². The van der Waals surface area contributed by atoms with Crippen LogP contribution in [0.2, 0.25) is 0 Å². The Morgan fingerprint density at radius 2 is 1.77 bits per heavy atom. The van der Waals surface area contributed by atoms with Crippen molar-refractivity contribution in [2.75, 3.05) is 0 Å². The summed E-state index contributed by atoms with van der Waals surface area (Å²) in [5, 5.41) is 0. The molecule has 2 rings (SSSR count). The summed E-state index contributed by atoms with van der Waals surface area (Å²) in [6.07, 6.45) is 2.34. The molecule has 0 fully saturated rings. The third-order valence-electron chi connectivity index (χ3n) is 2.24. The van der Waals surface area contributed by atoms with Crippen LogP contribution in [0.4, 0.5) is 0 Å². The summed E-state index contributed by atoms with van der Waals surface area (Å²) >= 11 is 1.20. The molecule has 0 nitrogen and oxygen atoms in total. The van der Waals surface area contributed by atoms with Crippen LogP contribution >= 0.6 is 0 Å². The van der Waals surface area contributed by atoms with Crippen molar-refractivity contribution in [2.24, 2.45) is 0 Å². The quantitative estimate of drug-likeness (QED) is 0.415. The first-order valence-electron chi connectivity index (χ1n) is 3.81. The van der Waals surface area contributed by atoms with E-state index in [-0.39, 0.29) is 24.8 Å². The van der Waals surface area contributed by atoms with Gasteiger partial charge in [-0.2, -0.15) is 0 Å². The Bertz CT molecular complexity index is 320. The van der Waals surface area contributed by atoms with Crippen LogP contribution in [0.5, 0.6) is 0 Å². The van der Waals surface area contributed by atoms with Crippen molar-refractivity contribution in [1.82, 2.24) is 0 Å². The maximum absolute atomic E-state index is 2.34. The number of allylic oxidation sites excluding steroid dienone is 1. The van der Waals surface area contributed by atoms with E-state index in [0.717, 1.165) is 0 Å². The standard InChI is InChI=1S/C10H9.2ClH.Hf/c1-8-6-7-9-4-2-3-5-10(8)9;;;/h2-5,7-8H,1H3;2*1H;/q;;;+2/p-2. The molecule has 0 aromatic heterocycles. The molecule has 13 heavy (non-hydrogen) atoms. The van der Waals surface area contributed by atoms with E-state index in [1.54, 1.807) is 3.33 Å². The molecule has 0 radical (unpaired) electrons. The summed E-state index contributed by atoms with van der Waals surface area (Å²) in [6.45, 7) is 2.30. The van der Waals surface area contributed by atoms with Gasteiger partial charge in [0.15, 0.2) is 0 Å². The molecule has 0 bridgehead atoms. The van der Waals surface area contributed by atoms with Crippen LogP contribution in [0.1, 0.15) is 24.0 Å². The molecule has 0 saturated carbocycles. The average Bonchev–Trinajstić information content (AvgIpc) is 2.30. The van der Waals surface area contributed by atoms with Gasteiger partial charge in [-0.05, 0) is 0 Å². The molecule has 1 aromatic carbocycles. The van der Waals surface area contributed by atoms with Crippen LogP contribution in [0.3, 0.4) is 0 Å². The normalized spacial score (nSPS) is 18.1. The second kappa shape index (κ2) is 5.33. The molecule has 0 aliphatic heterocycles. The van der Waals surface area contributed by atoms with Crippen LogP contribution in [-0.4, -0.2) is 0 Å². The fourth-order valence-corrected chi connectivity index (χ4v) is 2.61. The van der Waals surface area contributed by atoms with Crippen LogP contribution < -0.4 is 24.8 Å². The summed E-state index contributed by atoms with van der Waals surface area (Å²) in [7, 11) is 0. The van der Waals surface area contributed by atoms with Gasteiger partial charge in [0.05, 0.1) is 0 Å². The Hall–Kier alpha value is 0.410. The van der Waals surface area contributed by atoms with Crippen molar-refractivity contribution in [2.45, 2.75) is 12.8 Å². The van der Waals surface area contributed by atoms with Crippen LogP contribution in [0, 0.1) is 0 Å². The van der Waals surface area contributed by atoms with Gasteiger partial charge in [0.25, 0.3) is 0 Å². The second-order valence-electron chi connectivity index (χ2n) is 2.95. The summed E-state index contributed by atoms with van der Waals surface area (Å²) in [6, 6.07) is 8.68. The molecule has 1 aromatic rings. The molecular weight excluding hydrogens is 370 g/mol. The maximum atomic E-state index is 2.34. The topological polar surface area (TPSA) is 0 Å². The molecule has 3 heteroatoms. The number of halogens is 2. The summed E-state index contributed by atoms with van der Waals surface area (Å²) in [4.78, 5) is 0. The number of hydrogen-bond donors (Lipinski definition) is 0. The molecule has 0 amide bonds. The van der Waals surface area contributed by atoms with Gasteiger partial charge in [-0.1, -0.05) is 0 Å². The predicted octanol–water partition coefficient (Wildman–Crippen LogP) is -3.30. The predicted molar refractivity (Wildman–Crippen MR) is 42.8 cm³/mol. The van der Waals surface area contributed by atoms with E-state index in [4.69, 9.17) is 0 Å². The molecule has 1 unspecified atom stereocenters. The van der Waals surface area contributed by atoms with Crippen LogP contribution in [-0.2, 0) is 24.4 Å². The van der Waals surface area contributed by atoms with Gasteiger partial charge in [-0.15, -0.1) is 0 Å². The first-order valence-corrected chi connectivity index (χ1v) is 5.61. The van der Waals surface area contributed by atoms with Gasteiger partial charge in [0.1, 0.15) is 0 Å². The number of benzene rings is 1. The number of hydrogen-bond acceptors (Lipinski definition) is 0. The molecule has 0 spiro atoms. The molecule has 0 saturated heterocycles. The van der Waals surface area contributed by atoms with Gasteiger partial charge < -0.3 is 24.8 Å². The number of fused-ring (bicyclic) bond motifs is 1. The van der Waals surface area contributed by atoms with Crippen molar-refractivity contribution < 1.29 is 49.2 Å².